The molecule has 2 aliphatic rings. The molecule has 1 aromatic rings. The monoisotopic (exact) mass is 253 g/mol. The molecule has 1 saturated carbocycles. The molecule has 0 saturated heterocycles. The first-order chi connectivity index (χ1) is 7.86. The van der Waals surface area contributed by atoms with E-state index in [1.165, 1.54) is 31.2 Å². The minimum absolute atomic E-state index is 0. The van der Waals surface area contributed by atoms with Crippen LogP contribution in [0.3, 0.4) is 0 Å². The lowest BCUT2D eigenvalue weighted by molar-refractivity contribution is 0.0378. The summed E-state index contributed by atoms with van der Waals surface area (Å²) in [5, 5.41) is 3.31. The maximum atomic E-state index is 6.28. The van der Waals surface area contributed by atoms with Gasteiger partial charge >= 0.3 is 0 Å². The number of benzene rings is 1. The van der Waals surface area contributed by atoms with E-state index in [-0.39, 0.29) is 18.0 Å². The zero-order chi connectivity index (χ0) is 11.0. The Labute approximate surface area is 109 Å². The molecule has 0 radical (unpaired) electrons. The Morgan fingerprint density at radius 1 is 1.35 bits per heavy atom. The van der Waals surface area contributed by atoms with E-state index in [2.05, 4.69) is 29.6 Å². The number of fused-ring (bicyclic) bond motifs is 3. The topological polar surface area (TPSA) is 21.3 Å². The van der Waals surface area contributed by atoms with E-state index in [4.69, 9.17) is 4.74 Å². The lowest BCUT2D eigenvalue weighted by Gasteiger charge is -2.38. The highest BCUT2D eigenvalue weighted by Crippen LogP contribution is 2.51. The summed E-state index contributed by atoms with van der Waals surface area (Å²) >= 11 is 0. The van der Waals surface area contributed by atoms with Crippen molar-refractivity contribution in [2.45, 2.75) is 37.2 Å². The van der Waals surface area contributed by atoms with E-state index >= 15 is 0 Å². The summed E-state index contributed by atoms with van der Waals surface area (Å²) in [6, 6.07) is 8.56. The Balaban J connectivity index is 0.00000108. The van der Waals surface area contributed by atoms with Crippen molar-refractivity contribution in [2.75, 3.05) is 13.6 Å². The average molecular weight is 254 g/mol. The van der Waals surface area contributed by atoms with Gasteiger partial charge in [0, 0.05) is 18.0 Å². The largest absolute Gasteiger partial charge is 0.485 e. The third kappa shape index (κ3) is 1.94. The molecule has 94 valence electrons. The first kappa shape index (κ1) is 12.7. The standard InChI is InChI=1S/C14H19NO.ClH/c1-15-10-14-9-5-4-7-12(14)11-6-2-3-8-13(11)16-14;/h2-3,6,8,12,15H,4-5,7,9-10H2,1H3;1H/t12-,14+;/m1./s1. The quantitative estimate of drug-likeness (QED) is 0.875. The molecule has 0 spiro atoms. The molecule has 2 atom stereocenters. The second-order valence-electron chi connectivity index (χ2n) is 5.03. The molecule has 0 aromatic heterocycles. The summed E-state index contributed by atoms with van der Waals surface area (Å²) in [7, 11) is 2.02. The molecule has 1 aromatic carbocycles. The van der Waals surface area contributed by atoms with Crippen molar-refractivity contribution in [3.05, 3.63) is 29.8 Å². The zero-order valence-corrected chi connectivity index (χ0v) is 11.1. The summed E-state index contributed by atoms with van der Waals surface area (Å²) in [5.74, 6) is 1.72. The number of halogens is 1. The number of para-hydroxylation sites is 1. The normalized spacial score (nSPS) is 29.8. The fourth-order valence-corrected chi connectivity index (χ4v) is 3.40. The number of hydrogen-bond donors (Lipinski definition) is 1. The fourth-order valence-electron chi connectivity index (χ4n) is 3.40. The van der Waals surface area contributed by atoms with Crippen LogP contribution >= 0.6 is 12.4 Å². The van der Waals surface area contributed by atoms with E-state index in [0.29, 0.717) is 5.92 Å². The van der Waals surface area contributed by atoms with Crippen LogP contribution in [0.25, 0.3) is 0 Å². The van der Waals surface area contributed by atoms with Gasteiger partial charge in [-0.1, -0.05) is 24.6 Å². The van der Waals surface area contributed by atoms with E-state index in [9.17, 15) is 0 Å². The summed E-state index contributed by atoms with van der Waals surface area (Å²) in [4.78, 5) is 0. The number of likely N-dealkylation sites (N-methyl/N-ethyl adjacent to an activating group) is 1. The Bertz CT molecular complexity index is 392. The lowest BCUT2D eigenvalue weighted by Crippen LogP contribution is -2.48. The van der Waals surface area contributed by atoms with Crippen LogP contribution in [0.2, 0.25) is 0 Å². The van der Waals surface area contributed by atoms with Crippen LogP contribution in [-0.2, 0) is 0 Å². The zero-order valence-electron chi connectivity index (χ0n) is 10.2. The average Bonchev–Trinajstić information content (AvgIpc) is 2.63. The molecule has 1 N–H and O–H groups in total. The summed E-state index contributed by atoms with van der Waals surface area (Å²) < 4.78 is 6.28. The minimum Gasteiger partial charge on any atom is -0.485 e. The first-order valence-corrected chi connectivity index (χ1v) is 6.28. The van der Waals surface area contributed by atoms with Crippen molar-refractivity contribution in [1.29, 1.82) is 0 Å². The Morgan fingerprint density at radius 2 is 2.18 bits per heavy atom. The van der Waals surface area contributed by atoms with Crippen LogP contribution < -0.4 is 10.1 Å². The van der Waals surface area contributed by atoms with E-state index in [0.717, 1.165) is 12.3 Å². The molecule has 1 heterocycles. The van der Waals surface area contributed by atoms with Crippen molar-refractivity contribution in [2.24, 2.45) is 0 Å². The first-order valence-electron chi connectivity index (χ1n) is 6.28. The molecule has 3 rings (SSSR count). The van der Waals surface area contributed by atoms with E-state index in [1.807, 2.05) is 7.05 Å². The highest BCUT2D eigenvalue weighted by Gasteiger charge is 2.48. The van der Waals surface area contributed by atoms with Gasteiger partial charge in [0.1, 0.15) is 11.4 Å². The SMILES string of the molecule is CNC[C@@]12CCCC[C@@H]1c1ccccc1O2.Cl. The van der Waals surface area contributed by atoms with Crippen LogP contribution in [0.15, 0.2) is 24.3 Å². The number of ether oxygens (including phenoxy) is 1. The summed E-state index contributed by atoms with van der Waals surface area (Å²) in [6.07, 6.45) is 5.10. The van der Waals surface area contributed by atoms with Gasteiger partial charge in [-0.2, -0.15) is 0 Å². The van der Waals surface area contributed by atoms with Gasteiger partial charge in [-0.15, -0.1) is 12.4 Å². The maximum Gasteiger partial charge on any atom is 0.128 e. The third-order valence-corrected chi connectivity index (χ3v) is 4.06. The van der Waals surface area contributed by atoms with Crippen molar-refractivity contribution in [1.82, 2.24) is 5.32 Å². The van der Waals surface area contributed by atoms with Gasteiger partial charge in [-0.25, -0.2) is 0 Å². The molecule has 2 nitrogen and oxygen atoms in total. The predicted molar refractivity (Wildman–Crippen MR) is 72.2 cm³/mol. The van der Waals surface area contributed by atoms with Gasteiger partial charge in [-0.3, -0.25) is 0 Å². The molecule has 3 heteroatoms. The molecule has 0 bridgehead atoms. The van der Waals surface area contributed by atoms with Gasteiger partial charge in [0.25, 0.3) is 0 Å². The molecule has 0 unspecified atom stereocenters. The number of nitrogens with one attached hydrogen (secondary N) is 1. The molecule has 1 fully saturated rings. The van der Waals surface area contributed by atoms with E-state index in [1.54, 1.807) is 0 Å². The van der Waals surface area contributed by atoms with Crippen LogP contribution in [0.4, 0.5) is 0 Å². The van der Waals surface area contributed by atoms with Gasteiger partial charge in [0.05, 0.1) is 0 Å². The van der Waals surface area contributed by atoms with Crippen LogP contribution in [-0.4, -0.2) is 19.2 Å². The summed E-state index contributed by atoms with van der Waals surface area (Å²) in [5.41, 5.74) is 1.47. The van der Waals surface area contributed by atoms with E-state index < -0.39 is 0 Å². The smallest absolute Gasteiger partial charge is 0.128 e. The molecule has 1 aliphatic heterocycles. The highest BCUT2D eigenvalue weighted by atomic mass is 35.5. The van der Waals surface area contributed by atoms with Crippen LogP contribution in [0.1, 0.15) is 37.2 Å². The third-order valence-electron chi connectivity index (χ3n) is 4.06. The highest BCUT2D eigenvalue weighted by molar-refractivity contribution is 5.85. The number of rotatable bonds is 2. The Hall–Kier alpha value is -0.730. The van der Waals surface area contributed by atoms with Gasteiger partial charge in [0.15, 0.2) is 0 Å². The van der Waals surface area contributed by atoms with Crippen molar-refractivity contribution in [3.8, 4) is 5.75 Å². The summed E-state index contributed by atoms with van der Waals surface area (Å²) in [6.45, 7) is 0.965. The second-order valence-corrected chi connectivity index (χ2v) is 5.03. The molecule has 0 amide bonds. The second kappa shape index (κ2) is 4.87. The predicted octanol–water partition coefficient (Wildman–Crippen LogP) is 3.12. The Kier molecular flexibility index (Phi) is 3.64. The molecular formula is C14H20ClNO. The molecular weight excluding hydrogens is 234 g/mol. The minimum atomic E-state index is 0. The van der Waals surface area contributed by atoms with Crippen molar-refractivity contribution >= 4 is 12.4 Å². The van der Waals surface area contributed by atoms with Crippen molar-refractivity contribution < 1.29 is 4.74 Å². The number of hydrogen-bond acceptors (Lipinski definition) is 2. The van der Waals surface area contributed by atoms with Crippen molar-refractivity contribution in [3.63, 3.8) is 0 Å². The van der Waals surface area contributed by atoms with Gasteiger partial charge < -0.3 is 10.1 Å². The molecule has 1 aliphatic carbocycles. The van der Waals surface area contributed by atoms with Crippen LogP contribution in [0.5, 0.6) is 5.75 Å². The van der Waals surface area contributed by atoms with Gasteiger partial charge in [0.2, 0.25) is 0 Å². The lowest BCUT2D eigenvalue weighted by atomic mass is 9.73. The maximum absolute atomic E-state index is 6.28. The van der Waals surface area contributed by atoms with Crippen LogP contribution in [0, 0.1) is 0 Å². The molecule has 17 heavy (non-hydrogen) atoms. The Morgan fingerprint density at radius 3 is 3.00 bits per heavy atom. The fraction of sp³-hybridized carbons (Fsp3) is 0.571. The van der Waals surface area contributed by atoms with Gasteiger partial charge in [-0.05, 0) is 32.4 Å².